The summed E-state index contributed by atoms with van der Waals surface area (Å²) in [7, 11) is 0. The van der Waals surface area contributed by atoms with Crippen LogP contribution in [0.2, 0.25) is 5.15 Å². The molecule has 2 heterocycles. The lowest BCUT2D eigenvalue weighted by Crippen LogP contribution is -2.57. The molecule has 0 aliphatic carbocycles. The van der Waals surface area contributed by atoms with Crippen LogP contribution in [0.1, 0.15) is 26.3 Å². The monoisotopic (exact) mass is 357 g/mol. The number of aliphatic hydroxyl groups excluding tert-OH is 2. The summed E-state index contributed by atoms with van der Waals surface area (Å²) < 4.78 is 5.39. The largest absolute Gasteiger partial charge is 0.444 e. The van der Waals surface area contributed by atoms with Gasteiger partial charge in [0.25, 0.3) is 0 Å². The fourth-order valence-electron chi connectivity index (χ4n) is 2.61. The van der Waals surface area contributed by atoms with Gasteiger partial charge in [0.1, 0.15) is 16.6 Å². The van der Waals surface area contributed by atoms with E-state index < -0.39 is 11.7 Å². The number of piperazine rings is 1. The third-order valence-corrected chi connectivity index (χ3v) is 3.92. The molecule has 1 aromatic heterocycles. The zero-order chi connectivity index (χ0) is 17.9. The van der Waals surface area contributed by atoms with Crippen molar-refractivity contribution >= 4 is 23.5 Å². The second-order valence-corrected chi connectivity index (χ2v) is 7.12. The highest BCUT2D eigenvalue weighted by molar-refractivity contribution is 6.29. The average Bonchev–Trinajstić information content (AvgIpc) is 2.52. The first-order valence-corrected chi connectivity index (χ1v) is 8.24. The molecular formula is C16H24ClN3O4. The van der Waals surface area contributed by atoms with Crippen molar-refractivity contribution in [3.05, 3.63) is 22.8 Å². The molecule has 24 heavy (non-hydrogen) atoms. The summed E-state index contributed by atoms with van der Waals surface area (Å²) in [6.07, 6.45) is -0.401. The van der Waals surface area contributed by atoms with Crippen molar-refractivity contribution in [2.45, 2.75) is 39.0 Å². The number of anilines is 1. The van der Waals surface area contributed by atoms with Crippen molar-refractivity contribution in [1.82, 2.24) is 9.88 Å². The van der Waals surface area contributed by atoms with Gasteiger partial charge in [-0.1, -0.05) is 11.6 Å². The van der Waals surface area contributed by atoms with E-state index in [0.717, 1.165) is 0 Å². The Labute approximate surface area is 146 Å². The molecule has 7 nitrogen and oxygen atoms in total. The van der Waals surface area contributed by atoms with Crippen LogP contribution in [-0.2, 0) is 11.3 Å². The molecule has 0 bridgehead atoms. The van der Waals surface area contributed by atoms with Crippen molar-refractivity contribution in [3.63, 3.8) is 0 Å². The third-order valence-electron chi connectivity index (χ3n) is 3.71. The van der Waals surface area contributed by atoms with E-state index in [1.165, 1.54) is 0 Å². The van der Waals surface area contributed by atoms with Gasteiger partial charge in [0, 0.05) is 25.2 Å². The summed E-state index contributed by atoms with van der Waals surface area (Å²) in [5.74, 6) is 0.535. The van der Waals surface area contributed by atoms with Crippen LogP contribution in [0.25, 0.3) is 0 Å². The van der Waals surface area contributed by atoms with Crippen LogP contribution in [0.5, 0.6) is 0 Å². The van der Waals surface area contributed by atoms with Crippen LogP contribution in [0.15, 0.2) is 12.1 Å². The maximum Gasteiger partial charge on any atom is 0.410 e. The molecule has 1 fully saturated rings. The topological polar surface area (TPSA) is 86.1 Å². The van der Waals surface area contributed by atoms with E-state index in [1.54, 1.807) is 17.0 Å². The number of rotatable bonds is 3. The number of hydrogen-bond acceptors (Lipinski definition) is 6. The van der Waals surface area contributed by atoms with Crippen LogP contribution >= 0.6 is 11.6 Å². The van der Waals surface area contributed by atoms with Gasteiger partial charge in [-0.3, -0.25) is 0 Å². The van der Waals surface area contributed by atoms with Crippen LogP contribution in [-0.4, -0.2) is 64.1 Å². The first-order valence-electron chi connectivity index (χ1n) is 7.87. The van der Waals surface area contributed by atoms with Crippen LogP contribution in [0.3, 0.4) is 0 Å². The predicted molar refractivity (Wildman–Crippen MR) is 91.2 cm³/mol. The smallest absolute Gasteiger partial charge is 0.410 e. The molecule has 0 spiro atoms. The Balaban J connectivity index is 2.16. The second kappa shape index (κ2) is 7.55. The average molecular weight is 358 g/mol. The Morgan fingerprint density at radius 2 is 2.08 bits per heavy atom. The van der Waals surface area contributed by atoms with Gasteiger partial charge in [-0.05, 0) is 32.9 Å². The minimum Gasteiger partial charge on any atom is -0.444 e. The van der Waals surface area contributed by atoms with Gasteiger partial charge < -0.3 is 24.7 Å². The molecule has 1 amide bonds. The van der Waals surface area contributed by atoms with Crippen molar-refractivity contribution in [3.8, 4) is 0 Å². The van der Waals surface area contributed by atoms with Crippen molar-refractivity contribution in [1.29, 1.82) is 0 Å². The molecular weight excluding hydrogens is 334 g/mol. The summed E-state index contributed by atoms with van der Waals surface area (Å²) in [4.78, 5) is 20.0. The molecule has 1 unspecified atom stereocenters. The molecule has 2 rings (SSSR count). The summed E-state index contributed by atoms with van der Waals surface area (Å²) in [5, 5.41) is 19.6. The van der Waals surface area contributed by atoms with Gasteiger partial charge >= 0.3 is 6.09 Å². The maximum atomic E-state index is 12.2. The maximum absolute atomic E-state index is 12.2. The van der Waals surface area contributed by atoms with Gasteiger partial charge in [-0.25, -0.2) is 9.78 Å². The fourth-order valence-corrected chi connectivity index (χ4v) is 2.75. The van der Waals surface area contributed by atoms with Gasteiger partial charge in [-0.15, -0.1) is 0 Å². The molecule has 0 aromatic carbocycles. The number of hydrogen-bond donors (Lipinski definition) is 2. The summed E-state index contributed by atoms with van der Waals surface area (Å²) in [6.45, 7) is 6.32. The number of aromatic nitrogens is 1. The first-order chi connectivity index (χ1) is 11.2. The van der Waals surface area contributed by atoms with Gasteiger partial charge in [-0.2, -0.15) is 0 Å². The van der Waals surface area contributed by atoms with E-state index in [0.29, 0.717) is 36.2 Å². The van der Waals surface area contributed by atoms with E-state index in [4.69, 9.17) is 16.3 Å². The lowest BCUT2D eigenvalue weighted by molar-refractivity contribution is 0.0197. The van der Waals surface area contributed by atoms with E-state index in [2.05, 4.69) is 4.98 Å². The number of nitrogens with zero attached hydrogens (tertiary/aromatic N) is 3. The van der Waals surface area contributed by atoms with E-state index >= 15 is 0 Å². The minimum atomic E-state index is -0.568. The van der Waals surface area contributed by atoms with Crippen molar-refractivity contribution < 1.29 is 19.7 Å². The Kier molecular flexibility index (Phi) is 5.90. The lowest BCUT2D eigenvalue weighted by atomic mass is 10.1. The summed E-state index contributed by atoms with van der Waals surface area (Å²) >= 11 is 5.97. The quantitative estimate of drug-likeness (QED) is 0.800. The lowest BCUT2D eigenvalue weighted by Gasteiger charge is -2.42. The Bertz CT molecular complexity index is 591. The Hall–Kier alpha value is -1.57. The number of ether oxygens (including phenoxy) is 1. The van der Waals surface area contributed by atoms with Gasteiger partial charge in [0.05, 0.1) is 19.3 Å². The standard InChI is InChI=1S/C16H24ClN3O4/c1-16(2,3)24-15(23)19-6-7-20(12(8-19)10-22)14-11(9-21)4-5-13(17)18-14/h4-5,12,21-22H,6-10H2,1-3H3. The molecule has 1 aliphatic rings. The normalized spacial score (nSPS) is 18.7. The molecule has 1 saturated heterocycles. The van der Waals surface area contributed by atoms with Crippen LogP contribution in [0.4, 0.5) is 10.6 Å². The minimum absolute atomic E-state index is 0.154. The van der Waals surface area contributed by atoms with E-state index in [1.807, 2.05) is 25.7 Å². The fraction of sp³-hybridized carbons (Fsp3) is 0.625. The summed E-state index contributed by atoms with van der Waals surface area (Å²) in [5.41, 5.74) is 0.0603. The van der Waals surface area contributed by atoms with Gasteiger partial charge in [0.15, 0.2) is 0 Å². The SMILES string of the molecule is CC(C)(C)OC(=O)N1CCN(c2nc(Cl)ccc2CO)C(CO)C1. The number of carbonyl (C=O) groups excluding carboxylic acids is 1. The number of halogens is 1. The number of amides is 1. The van der Waals surface area contributed by atoms with Crippen LogP contribution < -0.4 is 4.90 Å². The third kappa shape index (κ3) is 4.49. The Morgan fingerprint density at radius 1 is 1.38 bits per heavy atom. The highest BCUT2D eigenvalue weighted by atomic mass is 35.5. The zero-order valence-corrected chi connectivity index (χ0v) is 15.0. The Morgan fingerprint density at radius 3 is 2.67 bits per heavy atom. The molecule has 134 valence electrons. The highest BCUT2D eigenvalue weighted by Gasteiger charge is 2.33. The molecule has 1 aliphatic heterocycles. The number of carbonyl (C=O) groups is 1. The van der Waals surface area contributed by atoms with Crippen molar-refractivity contribution in [2.24, 2.45) is 0 Å². The molecule has 8 heteroatoms. The number of aliphatic hydroxyl groups is 2. The molecule has 0 radical (unpaired) electrons. The predicted octanol–water partition coefficient (Wildman–Crippen LogP) is 1.65. The van der Waals surface area contributed by atoms with Gasteiger partial charge in [0.2, 0.25) is 0 Å². The first kappa shape index (κ1) is 18.8. The van der Waals surface area contributed by atoms with E-state index in [-0.39, 0.29) is 19.3 Å². The molecule has 0 saturated carbocycles. The van der Waals surface area contributed by atoms with Crippen LogP contribution in [0, 0.1) is 0 Å². The molecule has 1 atom stereocenters. The second-order valence-electron chi connectivity index (χ2n) is 6.73. The van der Waals surface area contributed by atoms with Crippen molar-refractivity contribution in [2.75, 3.05) is 31.1 Å². The van der Waals surface area contributed by atoms with E-state index in [9.17, 15) is 15.0 Å². The molecule has 1 aromatic rings. The summed E-state index contributed by atoms with van der Waals surface area (Å²) in [6, 6.07) is 2.98. The highest BCUT2D eigenvalue weighted by Crippen LogP contribution is 2.25. The zero-order valence-electron chi connectivity index (χ0n) is 14.2. The molecule has 2 N–H and O–H groups in total. The number of pyridine rings is 1.